The predicted molar refractivity (Wildman–Crippen MR) is 66.5 cm³/mol. The lowest BCUT2D eigenvalue weighted by Gasteiger charge is -2.54. The maximum atomic E-state index is 12.1. The molecule has 4 atom stereocenters. The van der Waals surface area contributed by atoms with Gasteiger partial charge in [0.05, 0.1) is 6.10 Å². The minimum atomic E-state index is -0.185. The molecular weight excluding hydrogens is 212 g/mol. The molecule has 3 rings (SSSR count). The zero-order valence-electron chi connectivity index (χ0n) is 11.3. The van der Waals surface area contributed by atoms with E-state index in [4.69, 9.17) is 0 Å². The zero-order valence-corrected chi connectivity index (χ0v) is 11.3. The van der Waals surface area contributed by atoms with E-state index >= 15 is 0 Å². The van der Waals surface area contributed by atoms with Crippen molar-refractivity contribution < 1.29 is 9.90 Å². The van der Waals surface area contributed by atoms with Crippen LogP contribution in [0.15, 0.2) is 0 Å². The van der Waals surface area contributed by atoms with Gasteiger partial charge >= 0.3 is 0 Å². The number of hydrogen-bond donors (Lipinski definition) is 1. The third-order valence-corrected chi connectivity index (χ3v) is 6.22. The Morgan fingerprint density at radius 1 is 1.24 bits per heavy atom. The van der Waals surface area contributed by atoms with Crippen LogP contribution in [0.25, 0.3) is 0 Å². The summed E-state index contributed by atoms with van der Waals surface area (Å²) in [5.74, 6) is 1.06. The van der Waals surface area contributed by atoms with Crippen molar-refractivity contribution >= 4 is 5.78 Å². The van der Waals surface area contributed by atoms with Gasteiger partial charge in [0.25, 0.3) is 0 Å². The summed E-state index contributed by atoms with van der Waals surface area (Å²) in [5.41, 5.74) is 0.182. The summed E-state index contributed by atoms with van der Waals surface area (Å²) < 4.78 is 0. The number of Topliss-reactive ketones (excluding diaryl/α,β-unsaturated/α-hetero) is 1. The molecule has 3 aliphatic carbocycles. The highest BCUT2D eigenvalue weighted by atomic mass is 16.3. The topological polar surface area (TPSA) is 37.3 Å². The number of rotatable bonds is 0. The first-order valence-electron chi connectivity index (χ1n) is 7.02. The smallest absolute Gasteiger partial charge is 0.138 e. The van der Waals surface area contributed by atoms with E-state index in [1.165, 1.54) is 0 Å². The van der Waals surface area contributed by atoms with Crippen LogP contribution in [0.4, 0.5) is 0 Å². The number of aliphatic hydroxyl groups excluding tert-OH is 1. The maximum absolute atomic E-state index is 12.1. The summed E-state index contributed by atoms with van der Waals surface area (Å²) >= 11 is 0. The molecule has 0 aliphatic heterocycles. The van der Waals surface area contributed by atoms with Crippen molar-refractivity contribution in [2.75, 3.05) is 0 Å². The Labute approximate surface area is 104 Å². The molecule has 2 heteroatoms. The minimum Gasteiger partial charge on any atom is -0.393 e. The summed E-state index contributed by atoms with van der Waals surface area (Å²) in [6.07, 6.45) is 5.46. The van der Waals surface area contributed by atoms with Crippen LogP contribution in [-0.4, -0.2) is 17.0 Å². The van der Waals surface area contributed by atoms with Gasteiger partial charge < -0.3 is 5.11 Å². The van der Waals surface area contributed by atoms with E-state index < -0.39 is 0 Å². The summed E-state index contributed by atoms with van der Waals surface area (Å²) in [7, 11) is 0. The van der Waals surface area contributed by atoms with Crippen LogP contribution in [0.5, 0.6) is 0 Å². The molecule has 0 unspecified atom stereocenters. The van der Waals surface area contributed by atoms with Crippen molar-refractivity contribution in [3.05, 3.63) is 0 Å². The molecule has 0 aromatic heterocycles. The fourth-order valence-electron chi connectivity index (χ4n) is 5.37. The van der Waals surface area contributed by atoms with Gasteiger partial charge in [-0.05, 0) is 43.4 Å². The number of carbonyl (C=O) groups excluding carboxylic acids is 1. The monoisotopic (exact) mass is 236 g/mol. The Morgan fingerprint density at radius 2 is 1.94 bits per heavy atom. The van der Waals surface area contributed by atoms with Gasteiger partial charge in [-0.3, -0.25) is 4.79 Å². The quantitative estimate of drug-likeness (QED) is 0.702. The molecule has 1 N–H and O–H groups in total. The van der Waals surface area contributed by atoms with E-state index in [9.17, 15) is 9.90 Å². The third kappa shape index (κ3) is 1.34. The van der Waals surface area contributed by atoms with Gasteiger partial charge in [0.15, 0.2) is 0 Å². The predicted octanol–water partition coefficient (Wildman–Crippen LogP) is 2.93. The molecule has 1 spiro atoms. The van der Waals surface area contributed by atoms with Crippen molar-refractivity contribution in [3.8, 4) is 0 Å². The molecule has 0 radical (unpaired) electrons. The first kappa shape index (κ1) is 11.7. The van der Waals surface area contributed by atoms with Crippen LogP contribution in [-0.2, 0) is 4.79 Å². The lowest BCUT2D eigenvalue weighted by Crippen LogP contribution is -2.52. The molecule has 3 aliphatic rings. The van der Waals surface area contributed by atoms with Crippen LogP contribution < -0.4 is 0 Å². The van der Waals surface area contributed by atoms with Crippen LogP contribution in [0, 0.1) is 22.2 Å². The van der Waals surface area contributed by atoms with Crippen molar-refractivity contribution in [2.45, 2.75) is 65.4 Å². The van der Waals surface area contributed by atoms with Crippen LogP contribution in [0.1, 0.15) is 59.3 Å². The molecule has 2 nitrogen and oxygen atoms in total. The van der Waals surface area contributed by atoms with Crippen LogP contribution in [0.2, 0.25) is 0 Å². The second-order valence-electron chi connectivity index (χ2n) is 7.69. The molecular formula is C15H24O2. The fraction of sp³-hybridized carbons (Fsp3) is 0.933. The molecule has 96 valence electrons. The van der Waals surface area contributed by atoms with Crippen LogP contribution >= 0.6 is 0 Å². The Morgan fingerprint density at radius 3 is 2.65 bits per heavy atom. The average Bonchev–Trinajstić information content (AvgIpc) is 2.41. The minimum absolute atomic E-state index is 0.0599. The van der Waals surface area contributed by atoms with Crippen LogP contribution in [0.3, 0.4) is 0 Å². The van der Waals surface area contributed by atoms with E-state index in [2.05, 4.69) is 20.8 Å². The summed E-state index contributed by atoms with van der Waals surface area (Å²) in [6, 6.07) is 0. The van der Waals surface area contributed by atoms with Gasteiger partial charge in [-0.1, -0.05) is 20.8 Å². The number of ketones is 1. The largest absolute Gasteiger partial charge is 0.393 e. The lowest BCUT2D eigenvalue weighted by atomic mass is 9.49. The maximum Gasteiger partial charge on any atom is 0.138 e. The average molecular weight is 236 g/mol. The van der Waals surface area contributed by atoms with E-state index in [1.807, 2.05) is 0 Å². The summed E-state index contributed by atoms with van der Waals surface area (Å²) in [4.78, 5) is 12.1. The number of fused-ring (bicyclic) bond motifs is 1. The van der Waals surface area contributed by atoms with Gasteiger partial charge in [0.2, 0.25) is 0 Å². The Bertz CT molecular complexity index is 373. The first-order chi connectivity index (χ1) is 7.80. The van der Waals surface area contributed by atoms with Gasteiger partial charge in [0, 0.05) is 17.3 Å². The molecule has 0 aromatic carbocycles. The van der Waals surface area contributed by atoms with Crippen molar-refractivity contribution in [1.29, 1.82) is 0 Å². The van der Waals surface area contributed by atoms with E-state index in [-0.39, 0.29) is 22.3 Å². The highest BCUT2D eigenvalue weighted by Gasteiger charge is 2.64. The SMILES string of the molecule is CC1(C)C[C@H](O)[C@]23CCC(=O)[C@](C)(CC[C@@H]12)C3. The Kier molecular flexibility index (Phi) is 2.16. The van der Waals surface area contributed by atoms with Gasteiger partial charge in [0.1, 0.15) is 5.78 Å². The zero-order chi connectivity index (χ0) is 12.5. The molecule has 0 amide bonds. The molecule has 0 aromatic rings. The molecule has 3 saturated carbocycles. The molecule has 0 heterocycles. The van der Waals surface area contributed by atoms with Crippen molar-refractivity contribution in [3.63, 3.8) is 0 Å². The van der Waals surface area contributed by atoms with Crippen molar-refractivity contribution in [2.24, 2.45) is 22.2 Å². The second kappa shape index (κ2) is 3.14. The van der Waals surface area contributed by atoms with Gasteiger partial charge in [-0.2, -0.15) is 0 Å². The second-order valence-corrected chi connectivity index (χ2v) is 7.69. The lowest BCUT2D eigenvalue weighted by molar-refractivity contribution is -0.149. The molecule has 3 fully saturated rings. The molecule has 2 bridgehead atoms. The normalized spacial score (nSPS) is 52.4. The number of hydrogen-bond acceptors (Lipinski definition) is 2. The highest BCUT2D eigenvalue weighted by Crippen LogP contribution is 2.67. The summed E-state index contributed by atoms with van der Waals surface area (Å²) in [5, 5.41) is 10.6. The third-order valence-electron chi connectivity index (χ3n) is 6.22. The Balaban J connectivity index is 2.03. The van der Waals surface area contributed by atoms with E-state index in [0.29, 0.717) is 18.1 Å². The standard InChI is InChI=1S/C15H24O2/c1-13(2)8-12(17)15-7-5-11(16)14(3,9-15)6-4-10(13)15/h10,12,17H,4-9H2,1-3H3/t10-,12-,14+,15-/m0/s1. The number of carbonyl (C=O) groups is 1. The van der Waals surface area contributed by atoms with Gasteiger partial charge in [-0.25, -0.2) is 0 Å². The van der Waals surface area contributed by atoms with Crippen molar-refractivity contribution in [1.82, 2.24) is 0 Å². The van der Waals surface area contributed by atoms with E-state index in [0.717, 1.165) is 32.1 Å². The Hall–Kier alpha value is -0.370. The fourth-order valence-corrected chi connectivity index (χ4v) is 5.37. The summed E-state index contributed by atoms with van der Waals surface area (Å²) in [6.45, 7) is 6.73. The molecule has 0 saturated heterocycles. The number of aliphatic hydroxyl groups is 1. The van der Waals surface area contributed by atoms with E-state index in [1.54, 1.807) is 0 Å². The van der Waals surface area contributed by atoms with Gasteiger partial charge in [-0.15, -0.1) is 0 Å². The highest BCUT2D eigenvalue weighted by molar-refractivity contribution is 5.85. The molecule has 17 heavy (non-hydrogen) atoms. The first-order valence-corrected chi connectivity index (χ1v) is 7.02.